The molecule has 12 rings (SSSR count). The lowest BCUT2D eigenvalue weighted by Crippen LogP contribution is -1.97. The van der Waals surface area contributed by atoms with Gasteiger partial charge in [-0.05, 0) is 113 Å². The Hall–Kier alpha value is -8.00. The molecule has 1 heterocycles. The Morgan fingerprint density at radius 3 is 1.15 bits per heavy atom. The fraction of sp³-hybridized carbons (Fsp3) is 0. The van der Waals surface area contributed by atoms with Crippen LogP contribution in [0.25, 0.3) is 115 Å². The number of nitrogens with zero attached hydrogens (tertiary/aromatic N) is 1. The minimum Gasteiger partial charge on any atom is -0.309 e. The summed E-state index contributed by atoms with van der Waals surface area (Å²) in [7, 11) is 0. The number of hydrogen-bond donors (Lipinski definition) is 0. The molecule has 0 N–H and O–H groups in total. The van der Waals surface area contributed by atoms with Crippen molar-refractivity contribution in [1.82, 2.24) is 4.57 Å². The number of fused-ring (bicyclic) bond motifs is 7. The van der Waals surface area contributed by atoms with Crippen LogP contribution in [0.15, 0.2) is 237 Å². The topological polar surface area (TPSA) is 4.93 Å². The zero-order valence-electron chi connectivity index (χ0n) is 33.5. The van der Waals surface area contributed by atoms with Crippen molar-refractivity contribution in [2.45, 2.75) is 0 Å². The molecule has 0 saturated heterocycles. The molecule has 0 bridgehead atoms. The van der Waals surface area contributed by atoms with E-state index in [-0.39, 0.29) is 0 Å². The van der Waals surface area contributed by atoms with Crippen LogP contribution >= 0.6 is 0 Å². The smallest absolute Gasteiger partial charge is 0.0619 e. The first kappa shape index (κ1) is 35.0. The van der Waals surface area contributed by atoms with Gasteiger partial charge in [-0.2, -0.15) is 0 Å². The molecule has 1 aromatic heterocycles. The van der Waals surface area contributed by atoms with Crippen molar-refractivity contribution in [3.63, 3.8) is 0 Å². The zero-order valence-corrected chi connectivity index (χ0v) is 33.5. The highest BCUT2D eigenvalue weighted by Crippen LogP contribution is 2.46. The largest absolute Gasteiger partial charge is 0.309 e. The molecule has 1 nitrogen and oxygen atoms in total. The molecule has 12 aromatic rings. The van der Waals surface area contributed by atoms with E-state index in [9.17, 15) is 0 Å². The molecule has 0 unspecified atom stereocenters. The number of aromatic nitrogens is 1. The molecule has 61 heavy (non-hydrogen) atoms. The molecule has 11 aromatic carbocycles. The van der Waals surface area contributed by atoms with Crippen LogP contribution in [0.3, 0.4) is 0 Å². The maximum absolute atomic E-state index is 2.49. The van der Waals surface area contributed by atoms with Gasteiger partial charge in [0.15, 0.2) is 0 Å². The average Bonchev–Trinajstić information content (AvgIpc) is 3.68. The Labute approximate surface area is 355 Å². The van der Waals surface area contributed by atoms with Crippen LogP contribution in [0.5, 0.6) is 0 Å². The monoisotopic (exact) mass is 773 g/mol. The van der Waals surface area contributed by atoms with Gasteiger partial charge in [-0.25, -0.2) is 0 Å². The second kappa shape index (κ2) is 14.4. The van der Waals surface area contributed by atoms with E-state index in [1.807, 2.05) is 0 Å². The lowest BCUT2D eigenvalue weighted by Gasteiger charge is -2.18. The summed E-state index contributed by atoms with van der Waals surface area (Å²) >= 11 is 0. The molecular weight excluding hydrogens is 735 g/mol. The third-order valence-corrected chi connectivity index (χ3v) is 12.5. The molecule has 1 heteroatoms. The summed E-state index contributed by atoms with van der Waals surface area (Å²) < 4.78 is 2.49. The van der Waals surface area contributed by atoms with Crippen LogP contribution in [-0.4, -0.2) is 4.57 Å². The minimum atomic E-state index is 1.14. The first-order valence-electron chi connectivity index (χ1n) is 21.1. The second-order valence-electron chi connectivity index (χ2n) is 16.0. The van der Waals surface area contributed by atoms with Crippen LogP contribution in [0.1, 0.15) is 0 Å². The maximum Gasteiger partial charge on any atom is 0.0619 e. The summed E-state index contributed by atoms with van der Waals surface area (Å²) in [6.45, 7) is 0. The molecule has 284 valence electrons. The van der Waals surface area contributed by atoms with E-state index in [2.05, 4.69) is 241 Å². The van der Waals surface area contributed by atoms with Gasteiger partial charge in [-0.1, -0.05) is 206 Å². The third-order valence-electron chi connectivity index (χ3n) is 12.5. The van der Waals surface area contributed by atoms with Crippen molar-refractivity contribution in [1.29, 1.82) is 0 Å². The van der Waals surface area contributed by atoms with Crippen molar-refractivity contribution >= 4 is 54.1 Å². The number of rotatable bonds is 6. The Morgan fingerprint density at radius 2 is 0.623 bits per heavy atom. The van der Waals surface area contributed by atoms with Gasteiger partial charge in [0, 0.05) is 21.8 Å². The van der Waals surface area contributed by atoms with Gasteiger partial charge in [0.05, 0.1) is 11.0 Å². The van der Waals surface area contributed by atoms with Gasteiger partial charge in [-0.3, -0.25) is 0 Å². The van der Waals surface area contributed by atoms with Gasteiger partial charge >= 0.3 is 0 Å². The summed E-state index contributed by atoms with van der Waals surface area (Å²) in [5.41, 5.74) is 15.8. The van der Waals surface area contributed by atoms with E-state index in [4.69, 9.17) is 0 Å². The first-order valence-corrected chi connectivity index (χ1v) is 21.1. The van der Waals surface area contributed by atoms with Crippen molar-refractivity contribution in [3.8, 4) is 61.3 Å². The molecule has 0 fully saturated rings. The summed E-state index contributed by atoms with van der Waals surface area (Å²) in [5.74, 6) is 0. The number of hydrogen-bond acceptors (Lipinski definition) is 0. The SMILES string of the molecule is c1ccc(-c2cc(-c3ccccc3)cc(-n3c4ccccc4c4cc(-c5ccc(-c6c7ccccc7c(-c7ccccc7)c7ccccc67)cc5)c5ccccc5c43)c2)cc1. The van der Waals surface area contributed by atoms with E-state index < -0.39 is 0 Å². The minimum absolute atomic E-state index is 1.14. The summed E-state index contributed by atoms with van der Waals surface area (Å²) in [6, 6.07) is 86.7. The molecule has 0 spiro atoms. The lowest BCUT2D eigenvalue weighted by molar-refractivity contribution is 1.19. The molecule has 0 aliphatic heterocycles. The van der Waals surface area contributed by atoms with Gasteiger partial charge < -0.3 is 4.57 Å². The number of benzene rings is 11. The van der Waals surface area contributed by atoms with Crippen LogP contribution in [0.4, 0.5) is 0 Å². The maximum atomic E-state index is 2.49. The molecule has 0 atom stereocenters. The van der Waals surface area contributed by atoms with Gasteiger partial charge in [-0.15, -0.1) is 0 Å². The van der Waals surface area contributed by atoms with Crippen molar-refractivity contribution < 1.29 is 0 Å². The fourth-order valence-electron chi connectivity index (χ4n) is 9.84. The highest BCUT2D eigenvalue weighted by molar-refractivity contribution is 6.23. The Bertz CT molecular complexity index is 3480. The summed E-state index contributed by atoms with van der Waals surface area (Å²) in [6.07, 6.45) is 0. The fourth-order valence-corrected chi connectivity index (χ4v) is 9.84. The lowest BCUT2D eigenvalue weighted by atomic mass is 9.85. The van der Waals surface area contributed by atoms with Gasteiger partial charge in [0.25, 0.3) is 0 Å². The third kappa shape index (κ3) is 5.78. The van der Waals surface area contributed by atoms with Crippen LogP contribution < -0.4 is 0 Å². The highest BCUT2D eigenvalue weighted by Gasteiger charge is 2.20. The summed E-state index contributed by atoms with van der Waals surface area (Å²) in [4.78, 5) is 0. The highest BCUT2D eigenvalue weighted by atomic mass is 15.0. The Morgan fingerprint density at radius 1 is 0.230 bits per heavy atom. The molecule has 0 aliphatic carbocycles. The normalized spacial score (nSPS) is 11.6. The van der Waals surface area contributed by atoms with Crippen molar-refractivity contribution in [2.75, 3.05) is 0 Å². The molecule has 0 radical (unpaired) electrons. The predicted molar refractivity (Wildman–Crippen MR) is 260 cm³/mol. The van der Waals surface area contributed by atoms with Crippen LogP contribution in [0, 0.1) is 0 Å². The zero-order chi connectivity index (χ0) is 40.3. The second-order valence-corrected chi connectivity index (χ2v) is 16.0. The van der Waals surface area contributed by atoms with Crippen LogP contribution in [0.2, 0.25) is 0 Å². The van der Waals surface area contributed by atoms with E-state index >= 15 is 0 Å². The van der Waals surface area contributed by atoms with E-state index in [0.717, 1.165) is 5.69 Å². The number of para-hydroxylation sites is 1. The predicted octanol–water partition coefficient (Wildman–Crippen LogP) is 16.6. The average molecular weight is 774 g/mol. The quantitative estimate of drug-likeness (QED) is 0.148. The van der Waals surface area contributed by atoms with Gasteiger partial charge in [0.1, 0.15) is 0 Å². The summed E-state index contributed by atoms with van der Waals surface area (Å²) in [5, 5.41) is 10.0. The Kier molecular flexibility index (Phi) is 8.25. The van der Waals surface area contributed by atoms with Crippen molar-refractivity contribution in [3.05, 3.63) is 237 Å². The standard InChI is InChI=1S/C60H39N/c1-4-18-40(19-5-1)45-36-46(41-20-6-2-7-21-41)38-47(37-45)61-57-31-17-16-25-49(57)56-39-55(48-24-10-15-30-54(48)60(56)61)42-32-34-44(35-33-42)59-52-28-13-11-26-50(52)58(43-22-8-3-9-23-43)51-27-12-14-29-53(51)59/h1-39H. The Balaban J connectivity index is 1.06. The van der Waals surface area contributed by atoms with Crippen molar-refractivity contribution in [2.24, 2.45) is 0 Å². The van der Waals surface area contributed by atoms with Gasteiger partial charge in [0.2, 0.25) is 0 Å². The van der Waals surface area contributed by atoms with E-state index in [1.165, 1.54) is 110 Å². The van der Waals surface area contributed by atoms with E-state index in [1.54, 1.807) is 0 Å². The first-order chi connectivity index (χ1) is 30.3. The molecule has 0 aliphatic rings. The van der Waals surface area contributed by atoms with Crippen LogP contribution in [-0.2, 0) is 0 Å². The molecule has 0 saturated carbocycles. The molecular formula is C60H39N. The molecule has 0 amide bonds. The van der Waals surface area contributed by atoms with E-state index in [0.29, 0.717) is 0 Å².